The number of aromatic nitrogens is 3. The molecule has 34 heavy (non-hydrogen) atoms. The van der Waals surface area contributed by atoms with Gasteiger partial charge >= 0.3 is 0 Å². The average molecular weight is 460 g/mol. The number of rotatable bonds is 8. The molecule has 0 saturated carbocycles. The normalized spacial score (nSPS) is 13.0. The number of carbonyl (C=O) groups excluding carboxylic acids is 1. The average Bonchev–Trinajstić information content (AvgIpc) is 3.33. The first kappa shape index (κ1) is 22.6. The molecule has 2 aromatic heterocycles. The molecule has 1 aliphatic rings. The number of anilines is 2. The smallest absolute Gasteiger partial charge is 0.298 e. The van der Waals surface area contributed by atoms with E-state index < -0.39 is 5.91 Å². The maximum Gasteiger partial charge on any atom is 0.298 e. The lowest BCUT2D eigenvalue weighted by atomic mass is 10.1. The lowest BCUT2D eigenvalue weighted by Gasteiger charge is -2.13. The topological polar surface area (TPSA) is 160 Å². The number of hydrogen-bond acceptors (Lipinski definition) is 9. The fourth-order valence-electron chi connectivity index (χ4n) is 3.64. The van der Waals surface area contributed by atoms with E-state index in [0.717, 1.165) is 17.7 Å². The molecule has 3 aromatic rings. The Hall–Kier alpha value is -4.54. The van der Waals surface area contributed by atoms with E-state index in [9.17, 15) is 14.3 Å². The zero-order valence-electron chi connectivity index (χ0n) is 18.0. The van der Waals surface area contributed by atoms with Crippen LogP contribution in [-0.4, -0.2) is 31.7 Å². The number of nitrogens with one attached hydrogen (secondary N) is 4. The molecule has 0 bridgehead atoms. The number of nitrogens with zero attached hydrogens (tertiary/aromatic N) is 4. The summed E-state index contributed by atoms with van der Waals surface area (Å²) in [6.45, 7) is 0.294. The minimum atomic E-state index is -0.807. The van der Waals surface area contributed by atoms with Crippen LogP contribution in [0.3, 0.4) is 0 Å². The molecular formula is C23H21FN8O2. The van der Waals surface area contributed by atoms with Gasteiger partial charge in [0.25, 0.3) is 5.91 Å². The van der Waals surface area contributed by atoms with Crippen molar-refractivity contribution < 1.29 is 14.3 Å². The highest BCUT2D eigenvalue weighted by atomic mass is 19.1. The van der Waals surface area contributed by atoms with Crippen LogP contribution in [0.4, 0.5) is 15.9 Å². The van der Waals surface area contributed by atoms with Crippen molar-refractivity contribution in [3.8, 4) is 5.75 Å². The van der Waals surface area contributed by atoms with Gasteiger partial charge in [-0.15, -0.1) is 5.11 Å². The third kappa shape index (κ3) is 4.77. The fraction of sp³-hybridized carbons (Fsp3) is 0.174. The lowest BCUT2D eigenvalue weighted by molar-refractivity contribution is 0.0991. The highest BCUT2D eigenvalue weighted by Gasteiger charge is 2.22. The van der Waals surface area contributed by atoms with Gasteiger partial charge in [0.2, 0.25) is 0 Å². The third-order valence-corrected chi connectivity index (χ3v) is 5.37. The zero-order chi connectivity index (χ0) is 24.1. The SMILES string of the molecule is N=NC(=O)c1cnccc1Nc1nc(C(=N)C2=C(NCc3ccccc3F)CCC2)ncc1O. The molecule has 1 aromatic carbocycles. The lowest BCUT2D eigenvalue weighted by Crippen LogP contribution is -2.17. The maximum atomic E-state index is 14.0. The van der Waals surface area contributed by atoms with E-state index in [2.05, 4.69) is 30.7 Å². The molecule has 1 amide bonds. The molecule has 11 heteroatoms. The van der Waals surface area contributed by atoms with Crippen molar-refractivity contribution in [2.24, 2.45) is 5.11 Å². The van der Waals surface area contributed by atoms with Gasteiger partial charge in [0.15, 0.2) is 17.4 Å². The third-order valence-electron chi connectivity index (χ3n) is 5.37. The number of hydrogen-bond donors (Lipinski definition) is 5. The van der Waals surface area contributed by atoms with Crippen LogP contribution in [0.5, 0.6) is 5.75 Å². The van der Waals surface area contributed by atoms with Crippen molar-refractivity contribution in [2.45, 2.75) is 25.8 Å². The minimum absolute atomic E-state index is 0.0144. The summed E-state index contributed by atoms with van der Waals surface area (Å²) in [6.07, 6.45) is 6.04. The van der Waals surface area contributed by atoms with Crippen LogP contribution >= 0.6 is 0 Å². The van der Waals surface area contributed by atoms with E-state index in [1.165, 1.54) is 30.7 Å². The predicted octanol–water partition coefficient (Wildman–Crippen LogP) is 4.23. The van der Waals surface area contributed by atoms with Gasteiger partial charge in [-0.2, -0.15) is 0 Å². The van der Waals surface area contributed by atoms with E-state index in [1.807, 2.05) is 0 Å². The molecule has 10 nitrogen and oxygen atoms in total. The van der Waals surface area contributed by atoms with Gasteiger partial charge in [0, 0.05) is 30.2 Å². The van der Waals surface area contributed by atoms with E-state index in [1.54, 1.807) is 18.2 Å². The van der Waals surface area contributed by atoms with Gasteiger partial charge in [-0.1, -0.05) is 18.2 Å². The first-order chi connectivity index (χ1) is 16.5. The molecule has 0 aliphatic heterocycles. The quantitative estimate of drug-likeness (QED) is 0.248. The Balaban J connectivity index is 1.58. The highest BCUT2D eigenvalue weighted by Crippen LogP contribution is 2.29. The molecule has 172 valence electrons. The summed E-state index contributed by atoms with van der Waals surface area (Å²) in [7, 11) is 0. The van der Waals surface area contributed by atoms with Gasteiger partial charge in [-0.05, 0) is 37.0 Å². The Bertz CT molecular complexity index is 1310. The van der Waals surface area contributed by atoms with Crippen molar-refractivity contribution >= 4 is 23.1 Å². The van der Waals surface area contributed by atoms with Crippen LogP contribution in [0.25, 0.3) is 0 Å². The molecule has 2 heterocycles. The van der Waals surface area contributed by atoms with Crippen molar-refractivity contribution in [3.63, 3.8) is 0 Å². The Labute approximate surface area is 194 Å². The first-order valence-electron chi connectivity index (χ1n) is 10.5. The Morgan fingerprint density at radius 2 is 2.03 bits per heavy atom. The van der Waals surface area contributed by atoms with Gasteiger partial charge in [0.05, 0.1) is 17.4 Å². The summed E-state index contributed by atoms with van der Waals surface area (Å²) >= 11 is 0. The Kier molecular flexibility index (Phi) is 6.62. The van der Waals surface area contributed by atoms with Crippen LogP contribution in [0.2, 0.25) is 0 Å². The zero-order valence-corrected chi connectivity index (χ0v) is 18.0. The summed E-state index contributed by atoms with van der Waals surface area (Å²) in [4.78, 5) is 24.1. The first-order valence-corrected chi connectivity index (χ1v) is 10.5. The van der Waals surface area contributed by atoms with Gasteiger partial charge < -0.3 is 15.7 Å². The molecule has 0 atom stereocenters. The van der Waals surface area contributed by atoms with Crippen LogP contribution in [0.1, 0.15) is 41.0 Å². The molecule has 5 N–H and O–H groups in total. The summed E-state index contributed by atoms with van der Waals surface area (Å²) in [5, 5.41) is 27.9. The van der Waals surface area contributed by atoms with Crippen molar-refractivity contribution in [1.82, 2.24) is 20.3 Å². The number of benzene rings is 1. The van der Waals surface area contributed by atoms with Gasteiger partial charge in [0.1, 0.15) is 11.5 Å². The van der Waals surface area contributed by atoms with E-state index >= 15 is 0 Å². The second-order valence-corrected chi connectivity index (χ2v) is 7.52. The molecule has 0 spiro atoms. The van der Waals surface area contributed by atoms with Gasteiger partial charge in [-0.3, -0.25) is 15.2 Å². The molecule has 0 radical (unpaired) electrons. The number of pyridine rings is 1. The minimum Gasteiger partial charge on any atom is -0.503 e. The van der Waals surface area contributed by atoms with Gasteiger partial charge in [-0.25, -0.2) is 19.9 Å². The summed E-state index contributed by atoms with van der Waals surface area (Å²) in [6, 6.07) is 7.99. The fourth-order valence-corrected chi connectivity index (χ4v) is 3.64. The van der Waals surface area contributed by atoms with E-state index in [4.69, 9.17) is 10.9 Å². The molecule has 4 rings (SSSR count). The monoisotopic (exact) mass is 460 g/mol. The van der Waals surface area contributed by atoms with Crippen molar-refractivity contribution in [2.75, 3.05) is 5.32 Å². The highest BCUT2D eigenvalue weighted by molar-refractivity contribution is 6.09. The summed E-state index contributed by atoms with van der Waals surface area (Å²) in [5.41, 5.74) is 9.40. The molecule has 0 fully saturated rings. The molecule has 1 aliphatic carbocycles. The number of amides is 1. The van der Waals surface area contributed by atoms with Crippen LogP contribution < -0.4 is 10.6 Å². The van der Waals surface area contributed by atoms with E-state index in [0.29, 0.717) is 24.9 Å². The van der Waals surface area contributed by atoms with Crippen LogP contribution in [0, 0.1) is 16.8 Å². The number of halogens is 1. The number of allylic oxidation sites excluding steroid dienone is 2. The second kappa shape index (κ2) is 9.94. The molecule has 0 unspecified atom stereocenters. The van der Waals surface area contributed by atoms with Crippen molar-refractivity contribution in [1.29, 1.82) is 10.9 Å². The Morgan fingerprint density at radius 1 is 1.21 bits per heavy atom. The number of aromatic hydroxyl groups is 1. The van der Waals surface area contributed by atoms with Crippen LogP contribution in [-0.2, 0) is 6.54 Å². The molecule has 0 saturated heterocycles. The standard InChI is InChI=1S/C23H21FN8O2/c24-16-6-2-1-4-13(16)10-28-17-7-3-5-14(17)20(25)22-29-12-19(33)21(31-22)30-18-8-9-27-11-15(18)23(34)32-26/h1-2,4,6,8-9,11-12,25-26,28,33H,3,5,7,10H2,(H,27,29,30,31). The second-order valence-electron chi connectivity index (χ2n) is 7.52. The Morgan fingerprint density at radius 3 is 2.82 bits per heavy atom. The molecular weight excluding hydrogens is 439 g/mol. The number of carbonyl (C=O) groups is 1. The summed E-state index contributed by atoms with van der Waals surface area (Å²) in [5.74, 6) is -1.32. The largest absolute Gasteiger partial charge is 0.503 e. The maximum absolute atomic E-state index is 14.0. The van der Waals surface area contributed by atoms with Crippen LogP contribution in [0.15, 0.2) is 65.3 Å². The predicted molar refractivity (Wildman–Crippen MR) is 122 cm³/mol. The van der Waals surface area contributed by atoms with E-state index in [-0.39, 0.29) is 40.2 Å². The van der Waals surface area contributed by atoms with Crippen molar-refractivity contribution in [3.05, 3.63) is 83.0 Å². The summed E-state index contributed by atoms with van der Waals surface area (Å²) < 4.78 is 14.0.